The molecule has 1 atom stereocenters. The predicted molar refractivity (Wildman–Crippen MR) is 70.6 cm³/mol. The molecule has 1 aromatic heterocycles. The molecular formula is C11H19NOS2. The fourth-order valence-electron chi connectivity index (χ4n) is 1.32. The van der Waals surface area contributed by atoms with Gasteiger partial charge in [0.15, 0.2) is 0 Å². The molecule has 86 valence electrons. The predicted octanol–water partition coefficient (Wildman–Crippen LogP) is 2.98. The van der Waals surface area contributed by atoms with Crippen LogP contribution in [0.15, 0.2) is 16.5 Å². The van der Waals surface area contributed by atoms with E-state index in [1.54, 1.807) is 11.8 Å². The van der Waals surface area contributed by atoms with Crippen molar-refractivity contribution in [2.24, 2.45) is 0 Å². The van der Waals surface area contributed by atoms with E-state index in [0.717, 1.165) is 29.6 Å². The maximum Gasteiger partial charge on any atom is 0.118 e. The van der Waals surface area contributed by atoms with Crippen LogP contribution >= 0.6 is 23.5 Å². The molecule has 0 saturated carbocycles. The Morgan fingerprint density at radius 3 is 2.67 bits per heavy atom. The summed E-state index contributed by atoms with van der Waals surface area (Å²) in [6.07, 6.45) is 4.21. The van der Waals surface area contributed by atoms with Crippen LogP contribution in [0, 0.1) is 0 Å². The summed E-state index contributed by atoms with van der Waals surface area (Å²) in [5, 5.41) is 3.43. The molecule has 1 heterocycles. The van der Waals surface area contributed by atoms with Crippen LogP contribution in [-0.2, 0) is 12.3 Å². The molecule has 15 heavy (non-hydrogen) atoms. The van der Waals surface area contributed by atoms with Gasteiger partial charge in [-0.15, -0.1) is 0 Å². The van der Waals surface area contributed by atoms with Gasteiger partial charge in [-0.05, 0) is 31.6 Å². The number of furan rings is 1. The number of nitrogens with one attached hydrogen (secondary N) is 1. The minimum Gasteiger partial charge on any atom is -0.464 e. The molecule has 0 aromatic carbocycles. The Labute approximate surface area is 101 Å². The largest absolute Gasteiger partial charge is 0.464 e. The standard InChI is InChI=1S/C11H19NOS2/c1-9(7-14-2)12-6-10-4-5-11(13-10)8-15-3/h4-5,9,12H,6-8H2,1-3H3. The Morgan fingerprint density at radius 1 is 1.27 bits per heavy atom. The molecule has 4 heteroatoms. The molecule has 0 radical (unpaired) electrons. The van der Waals surface area contributed by atoms with Gasteiger partial charge in [0.2, 0.25) is 0 Å². The lowest BCUT2D eigenvalue weighted by Gasteiger charge is -2.10. The third-order valence-corrected chi connectivity index (χ3v) is 3.45. The molecule has 1 unspecified atom stereocenters. The molecular weight excluding hydrogens is 226 g/mol. The highest BCUT2D eigenvalue weighted by atomic mass is 32.2. The van der Waals surface area contributed by atoms with Gasteiger partial charge < -0.3 is 9.73 Å². The average Bonchev–Trinajstić information content (AvgIpc) is 2.64. The first-order valence-corrected chi connectivity index (χ1v) is 7.84. The molecule has 2 nitrogen and oxygen atoms in total. The second-order valence-electron chi connectivity index (χ2n) is 3.54. The summed E-state index contributed by atoms with van der Waals surface area (Å²) in [7, 11) is 0. The van der Waals surface area contributed by atoms with Crippen LogP contribution in [0.4, 0.5) is 0 Å². The minimum atomic E-state index is 0.536. The third-order valence-electron chi connectivity index (χ3n) is 2.05. The first-order valence-electron chi connectivity index (χ1n) is 5.05. The van der Waals surface area contributed by atoms with Gasteiger partial charge in [0.05, 0.1) is 12.3 Å². The van der Waals surface area contributed by atoms with E-state index in [9.17, 15) is 0 Å². The second-order valence-corrected chi connectivity index (χ2v) is 5.32. The van der Waals surface area contributed by atoms with E-state index in [-0.39, 0.29) is 0 Å². The van der Waals surface area contributed by atoms with Crippen molar-refractivity contribution in [3.05, 3.63) is 23.7 Å². The summed E-state index contributed by atoms with van der Waals surface area (Å²) in [4.78, 5) is 0. The Morgan fingerprint density at radius 2 is 2.00 bits per heavy atom. The Balaban J connectivity index is 2.30. The van der Waals surface area contributed by atoms with Crippen LogP contribution in [0.3, 0.4) is 0 Å². The van der Waals surface area contributed by atoms with Crippen LogP contribution in [0.5, 0.6) is 0 Å². The summed E-state index contributed by atoms with van der Waals surface area (Å²) >= 11 is 3.64. The zero-order chi connectivity index (χ0) is 11.1. The Kier molecular flexibility index (Phi) is 6.29. The smallest absolute Gasteiger partial charge is 0.118 e. The van der Waals surface area contributed by atoms with E-state index in [2.05, 4.69) is 36.9 Å². The maximum absolute atomic E-state index is 5.66. The normalized spacial score (nSPS) is 13.0. The van der Waals surface area contributed by atoms with E-state index in [1.165, 1.54) is 0 Å². The average molecular weight is 245 g/mol. The minimum absolute atomic E-state index is 0.536. The lowest BCUT2D eigenvalue weighted by atomic mass is 10.3. The van der Waals surface area contributed by atoms with Gasteiger partial charge in [-0.1, -0.05) is 0 Å². The molecule has 1 aromatic rings. The van der Waals surface area contributed by atoms with Gasteiger partial charge >= 0.3 is 0 Å². The number of rotatable bonds is 7. The second kappa shape index (κ2) is 7.25. The highest BCUT2D eigenvalue weighted by molar-refractivity contribution is 7.98. The summed E-state index contributed by atoms with van der Waals surface area (Å²) in [6, 6.07) is 4.66. The summed E-state index contributed by atoms with van der Waals surface area (Å²) in [6.45, 7) is 3.03. The molecule has 0 aliphatic carbocycles. The van der Waals surface area contributed by atoms with Gasteiger partial charge in [0, 0.05) is 11.8 Å². The van der Waals surface area contributed by atoms with Crippen LogP contribution in [0.1, 0.15) is 18.4 Å². The maximum atomic E-state index is 5.66. The van der Waals surface area contributed by atoms with Gasteiger partial charge in [-0.2, -0.15) is 23.5 Å². The molecule has 0 aliphatic heterocycles. The monoisotopic (exact) mass is 245 g/mol. The van der Waals surface area contributed by atoms with Crippen molar-refractivity contribution in [1.29, 1.82) is 0 Å². The van der Waals surface area contributed by atoms with Crippen molar-refractivity contribution >= 4 is 23.5 Å². The lowest BCUT2D eigenvalue weighted by molar-refractivity contribution is 0.447. The van der Waals surface area contributed by atoms with E-state index in [1.807, 2.05) is 11.8 Å². The summed E-state index contributed by atoms with van der Waals surface area (Å²) in [5.41, 5.74) is 0. The van der Waals surface area contributed by atoms with Crippen LogP contribution < -0.4 is 5.32 Å². The van der Waals surface area contributed by atoms with Crippen molar-refractivity contribution < 1.29 is 4.42 Å². The van der Waals surface area contributed by atoms with Crippen molar-refractivity contribution in [1.82, 2.24) is 5.32 Å². The molecule has 0 bridgehead atoms. The molecule has 0 saturated heterocycles. The number of hydrogen-bond acceptors (Lipinski definition) is 4. The van der Waals surface area contributed by atoms with Gasteiger partial charge in [-0.3, -0.25) is 0 Å². The van der Waals surface area contributed by atoms with Crippen LogP contribution in [-0.4, -0.2) is 24.3 Å². The SMILES string of the molecule is CSCc1ccc(CNC(C)CSC)o1. The van der Waals surface area contributed by atoms with Crippen molar-refractivity contribution in [2.45, 2.75) is 25.3 Å². The van der Waals surface area contributed by atoms with Crippen molar-refractivity contribution in [3.8, 4) is 0 Å². The first kappa shape index (κ1) is 13.0. The summed E-state index contributed by atoms with van der Waals surface area (Å²) < 4.78 is 5.66. The van der Waals surface area contributed by atoms with E-state index in [0.29, 0.717) is 6.04 Å². The molecule has 1 rings (SSSR count). The Bertz CT molecular complexity index is 275. The zero-order valence-corrected chi connectivity index (χ0v) is 11.2. The molecule has 1 N–H and O–H groups in total. The first-order chi connectivity index (χ1) is 7.26. The number of hydrogen-bond donors (Lipinski definition) is 1. The van der Waals surface area contributed by atoms with Crippen LogP contribution in [0.2, 0.25) is 0 Å². The fourth-order valence-corrected chi connectivity index (χ4v) is 2.38. The number of thioether (sulfide) groups is 2. The van der Waals surface area contributed by atoms with Crippen molar-refractivity contribution in [3.63, 3.8) is 0 Å². The van der Waals surface area contributed by atoms with Gasteiger partial charge in [0.1, 0.15) is 11.5 Å². The molecule has 0 amide bonds. The molecule has 0 fully saturated rings. The topological polar surface area (TPSA) is 25.2 Å². The molecule has 0 spiro atoms. The molecule has 0 aliphatic rings. The Hall–Kier alpha value is -0.0600. The lowest BCUT2D eigenvalue weighted by Crippen LogP contribution is -2.27. The van der Waals surface area contributed by atoms with E-state index >= 15 is 0 Å². The van der Waals surface area contributed by atoms with Gasteiger partial charge in [0.25, 0.3) is 0 Å². The van der Waals surface area contributed by atoms with Gasteiger partial charge in [-0.25, -0.2) is 0 Å². The quantitative estimate of drug-likeness (QED) is 0.798. The fraction of sp³-hybridized carbons (Fsp3) is 0.636. The van der Waals surface area contributed by atoms with E-state index < -0.39 is 0 Å². The summed E-state index contributed by atoms with van der Waals surface area (Å²) in [5.74, 6) is 4.20. The highest BCUT2D eigenvalue weighted by Gasteiger charge is 2.04. The third kappa shape index (κ3) is 5.00. The van der Waals surface area contributed by atoms with E-state index in [4.69, 9.17) is 4.42 Å². The zero-order valence-electron chi connectivity index (χ0n) is 9.58. The van der Waals surface area contributed by atoms with Crippen LogP contribution in [0.25, 0.3) is 0 Å². The highest BCUT2D eigenvalue weighted by Crippen LogP contribution is 2.13. The van der Waals surface area contributed by atoms with Crippen molar-refractivity contribution in [2.75, 3.05) is 18.3 Å².